The van der Waals surface area contributed by atoms with E-state index in [4.69, 9.17) is 0 Å². The molecule has 0 aliphatic rings. The Balaban J connectivity index is 1.66. The van der Waals surface area contributed by atoms with Crippen LogP contribution in [0.5, 0.6) is 0 Å². The van der Waals surface area contributed by atoms with Gasteiger partial charge in [0.15, 0.2) is 0 Å². The van der Waals surface area contributed by atoms with E-state index < -0.39 is 5.69 Å². The van der Waals surface area contributed by atoms with Gasteiger partial charge < -0.3 is 5.32 Å². The van der Waals surface area contributed by atoms with Crippen molar-refractivity contribution in [1.82, 2.24) is 14.5 Å². The third-order valence-corrected chi connectivity index (χ3v) is 5.96. The molecule has 1 amide bonds. The van der Waals surface area contributed by atoms with Crippen LogP contribution in [0.3, 0.4) is 0 Å². The maximum absolute atomic E-state index is 13.1. The summed E-state index contributed by atoms with van der Waals surface area (Å²) in [5, 5.41) is 3.51. The van der Waals surface area contributed by atoms with E-state index in [-0.39, 0.29) is 36.5 Å². The largest absolute Gasteiger partial charge is 0.351 e. The van der Waals surface area contributed by atoms with E-state index in [1.165, 1.54) is 4.57 Å². The lowest BCUT2D eigenvalue weighted by atomic mass is 9.86. The second-order valence-electron chi connectivity index (χ2n) is 8.09. The minimum absolute atomic E-state index is 0.0468. The highest BCUT2D eigenvalue weighted by Crippen LogP contribution is 2.28. The molecule has 168 valence electrons. The number of carbonyl (C=O) groups is 1. The lowest BCUT2D eigenvalue weighted by Gasteiger charge is -2.26. The number of para-hydroxylation sites is 1. The molecule has 3 aromatic carbocycles. The quantitative estimate of drug-likeness (QED) is 0.477. The van der Waals surface area contributed by atoms with E-state index in [0.717, 1.165) is 15.7 Å². The Labute approximate surface area is 192 Å². The molecule has 1 N–H and O–H groups in total. The standard InChI is InChI=1S/C27H27N3O3/c1-3-29-26(32)22-16-10-11-17-23(22)30(27(29)33)18-24(31)28-19(2)25(20-12-6-4-7-13-20)21-14-8-5-9-15-21/h4-17,19,25H,3,18H2,1-2H3,(H,28,31). The Morgan fingerprint density at radius 3 is 1.94 bits per heavy atom. The van der Waals surface area contributed by atoms with Gasteiger partial charge in [0.1, 0.15) is 6.54 Å². The molecule has 0 saturated carbocycles. The predicted octanol–water partition coefficient (Wildman–Crippen LogP) is 3.52. The molecule has 0 fully saturated rings. The van der Waals surface area contributed by atoms with Crippen molar-refractivity contribution >= 4 is 16.8 Å². The molecule has 0 aliphatic carbocycles. The lowest BCUT2D eigenvalue weighted by Crippen LogP contribution is -2.44. The molecule has 4 rings (SSSR count). The van der Waals surface area contributed by atoms with Crippen LogP contribution in [0.1, 0.15) is 30.9 Å². The van der Waals surface area contributed by atoms with Crippen LogP contribution >= 0.6 is 0 Å². The van der Waals surface area contributed by atoms with Gasteiger partial charge in [-0.05, 0) is 37.1 Å². The molecular formula is C27H27N3O3. The van der Waals surface area contributed by atoms with E-state index in [1.54, 1.807) is 31.2 Å². The van der Waals surface area contributed by atoms with E-state index in [0.29, 0.717) is 10.9 Å². The third kappa shape index (κ3) is 4.51. The van der Waals surface area contributed by atoms with Crippen molar-refractivity contribution in [2.45, 2.75) is 38.9 Å². The van der Waals surface area contributed by atoms with Crippen molar-refractivity contribution in [3.05, 3.63) is 117 Å². The molecule has 33 heavy (non-hydrogen) atoms. The molecular weight excluding hydrogens is 414 g/mol. The number of nitrogens with zero attached hydrogens (tertiary/aromatic N) is 2. The Morgan fingerprint density at radius 1 is 0.818 bits per heavy atom. The van der Waals surface area contributed by atoms with Crippen LogP contribution in [-0.4, -0.2) is 21.1 Å². The Bertz CT molecular complexity index is 1340. The van der Waals surface area contributed by atoms with Crippen LogP contribution in [0.4, 0.5) is 0 Å². The van der Waals surface area contributed by atoms with Crippen LogP contribution in [0.2, 0.25) is 0 Å². The molecule has 1 unspecified atom stereocenters. The number of aromatic nitrogens is 2. The zero-order valence-corrected chi connectivity index (χ0v) is 18.8. The van der Waals surface area contributed by atoms with Gasteiger partial charge in [-0.3, -0.25) is 18.7 Å². The highest BCUT2D eigenvalue weighted by atomic mass is 16.2. The number of fused-ring (bicyclic) bond motifs is 1. The highest BCUT2D eigenvalue weighted by molar-refractivity contribution is 5.81. The third-order valence-electron chi connectivity index (χ3n) is 5.96. The second-order valence-corrected chi connectivity index (χ2v) is 8.09. The predicted molar refractivity (Wildman–Crippen MR) is 130 cm³/mol. The van der Waals surface area contributed by atoms with Crippen molar-refractivity contribution < 1.29 is 4.79 Å². The van der Waals surface area contributed by atoms with Gasteiger partial charge in [-0.2, -0.15) is 0 Å². The first-order chi connectivity index (χ1) is 16.0. The normalized spacial score (nSPS) is 12.1. The molecule has 0 radical (unpaired) electrons. The summed E-state index contributed by atoms with van der Waals surface area (Å²) in [6, 6.07) is 26.8. The average Bonchev–Trinajstić information content (AvgIpc) is 2.83. The summed E-state index contributed by atoms with van der Waals surface area (Å²) in [5.41, 5.74) is 1.84. The molecule has 1 heterocycles. The summed E-state index contributed by atoms with van der Waals surface area (Å²) in [7, 11) is 0. The zero-order valence-electron chi connectivity index (χ0n) is 18.8. The highest BCUT2D eigenvalue weighted by Gasteiger charge is 2.23. The molecule has 1 aromatic heterocycles. The molecule has 1 atom stereocenters. The van der Waals surface area contributed by atoms with Gasteiger partial charge in [0, 0.05) is 18.5 Å². The first-order valence-electron chi connectivity index (χ1n) is 11.1. The molecule has 6 nitrogen and oxygen atoms in total. The first-order valence-corrected chi connectivity index (χ1v) is 11.1. The van der Waals surface area contributed by atoms with Crippen LogP contribution < -0.4 is 16.6 Å². The van der Waals surface area contributed by atoms with E-state index in [9.17, 15) is 14.4 Å². The maximum atomic E-state index is 13.1. The number of benzene rings is 3. The van der Waals surface area contributed by atoms with E-state index in [1.807, 2.05) is 43.3 Å². The van der Waals surface area contributed by atoms with Gasteiger partial charge in [-0.15, -0.1) is 0 Å². The SMILES string of the molecule is CCn1c(=O)c2ccccc2n(CC(=O)NC(C)C(c2ccccc2)c2ccccc2)c1=O. The number of hydrogen-bond donors (Lipinski definition) is 1. The Morgan fingerprint density at radius 2 is 1.36 bits per heavy atom. The van der Waals surface area contributed by atoms with Crippen LogP contribution in [0, 0.1) is 0 Å². The monoisotopic (exact) mass is 441 g/mol. The summed E-state index contributed by atoms with van der Waals surface area (Å²) in [6.45, 7) is 3.79. The Hall–Kier alpha value is -3.93. The van der Waals surface area contributed by atoms with Gasteiger partial charge in [-0.1, -0.05) is 72.8 Å². The van der Waals surface area contributed by atoms with Crippen molar-refractivity contribution in [3.63, 3.8) is 0 Å². The second kappa shape index (κ2) is 9.69. The number of amides is 1. The smallest absolute Gasteiger partial charge is 0.331 e. The molecule has 0 aliphatic heterocycles. The van der Waals surface area contributed by atoms with Crippen molar-refractivity contribution in [3.8, 4) is 0 Å². The molecule has 0 spiro atoms. The van der Waals surface area contributed by atoms with Crippen molar-refractivity contribution in [2.24, 2.45) is 0 Å². The summed E-state index contributed by atoms with van der Waals surface area (Å²) >= 11 is 0. The van der Waals surface area contributed by atoms with E-state index >= 15 is 0 Å². The van der Waals surface area contributed by atoms with Gasteiger partial charge >= 0.3 is 5.69 Å². The minimum atomic E-state index is -0.480. The first kappa shape index (κ1) is 22.3. The van der Waals surface area contributed by atoms with Crippen molar-refractivity contribution in [1.29, 1.82) is 0 Å². The molecule has 0 bridgehead atoms. The summed E-state index contributed by atoms with van der Waals surface area (Å²) in [6.07, 6.45) is 0. The van der Waals surface area contributed by atoms with Crippen LogP contribution in [-0.2, 0) is 17.9 Å². The maximum Gasteiger partial charge on any atom is 0.331 e. The van der Waals surface area contributed by atoms with Gasteiger partial charge in [0.2, 0.25) is 5.91 Å². The number of nitrogens with one attached hydrogen (secondary N) is 1. The summed E-state index contributed by atoms with van der Waals surface area (Å²) in [4.78, 5) is 38.7. The fourth-order valence-corrected chi connectivity index (χ4v) is 4.42. The zero-order chi connectivity index (χ0) is 23.4. The van der Waals surface area contributed by atoms with Gasteiger partial charge in [-0.25, -0.2) is 4.79 Å². The van der Waals surface area contributed by atoms with Gasteiger partial charge in [0.25, 0.3) is 5.56 Å². The fourth-order valence-electron chi connectivity index (χ4n) is 4.42. The minimum Gasteiger partial charge on any atom is -0.351 e. The van der Waals surface area contributed by atoms with Crippen LogP contribution in [0.15, 0.2) is 94.5 Å². The topological polar surface area (TPSA) is 73.1 Å². The average molecular weight is 442 g/mol. The Kier molecular flexibility index (Phi) is 6.54. The van der Waals surface area contributed by atoms with Crippen molar-refractivity contribution in [2.75, 3.05) is 0 Å². The number of carbonyl (C=O) groups excluding carboxylic acids is 1. The molecule has 0 saturated heterocycles. The number of hydrogen-bond acceptors (Lipinski definition) is 3. The van der Waals surface area contributed by atoms with E-state index in [2.05, 4.69) is 29.6 Å². The number of rotatable bonds is 7. The summed E-state index contributed by atoms with van der Waals surface area (Å²) in [5.74, 6) is -0.331. The fraction of sp³-hybridized carbons (Fsp3) is 0.222. The summed E-state index contributed by atoms with van der Waals surface area (Å²) < 4.78 is 2.54. The lowest BCUT2D eigenvalue weighted by molar-refractivity contribution is -0.122. The molecule has 4 aromatic rings. The molecule has 6 heteroatoms. The van der Waals surface area contributed by atoms with Crippen LogP contribution in [0.25, 0.3) is 10.9 Å². The van der Waals surface area contributed by atoms with Gasteiger partial charge in [0.05, 0.1) is 10.9 Å².